The third-order valence-corrected chi connectivity index (χ3v) is 7.62. The van der Waals surface area contributed by atoms with Crippen LogP contribution in [0, 0.1) is 6.92 Å². The molecule has 8 heteroatoms. The number of imidazole rings is 1. The highest BCUT2D eigenvalue weighted by molar-refractivity contribution is 8.00. The number of para-hydroxylation sites is 2. The molecule has 3 N–H and O–H groups in total. The van der Waals surface area contributed by atoms with Crippen molar-refractivity contribution in [3.63, 3.8) is 0 Å². The number of aromatic amines is 1. The zero-order valence-electron chi connectivity index (χ0n) is 18.3. The van der Waals surface area contributed by atoms with E-state index >= 15 is 0 Å². The van der Waals surface area contributed by atoms with E-state index in [1.165, 1.54) is 10.5 Å². The van der Waals surface area contributed by atoms with Gasteiger partial charge in [-0.25, -0.2) is 9.97 Å². The number of nitrogens with two attached hydrogens (primary N) is 1. The Balaban J connectivity index is 1.74. The van der Waals surface area contributed by atoms with Gasteiger partial charge < -0.3 is 10.7 Å². The Morgan fingerprint density at radius 2 is 1.90 bits per heavy atom. The van der Waals surface area contributed by atoms with Crippen molar-refractivity contribution in [1.29, 1.82) is 0 Å². The normalized spacial score (nSPS) is 12.4. The van der Waals surface area contributed by atoms with Crippen molar-refractivity contribution in [2.75, 3.05) is 17.3 Å². The second-order valence-corrected chi connectivity index (χ2v) is 10.9. The highest BCUT2D eigenvalue weighted by atomic mass is 32.2. The van der Waals surface area contributed by atoms with Gasteiger partial charge in [0.05, 0.1) is 11.0 Å². The van der Waals surface area contributed by atoms with Gasteiger partial charge in [0.2, 0.25) is 5.91 Å². The third-order valence-electron chi connectivity index (χ3n) is 4.85. The first-order valence-corrected chi connectivity index (χ1v) is 13.6. The van der Waals surface area contributed by atoms with E-state index in [0.29, 0.717) is 6.42 Å². The zero-order valence-corrected chi connectivity index (χ0v) is 20.8. The molecule has 0 saturated carbocycles. The highest BCUT2D eigenvalue weighted by Crippen LogP contribution is 2.40. The Labute approximate surface area is 197 Å². The van der Waals surface area contributed by atoms with Crippen LogP contribution in [0.15, 0.2) is 45.4 Å². The van der Waals surface area contributed by atoms with Crippen molar-refractivity contribution in [2.24, 2.45) is 5.73 Å². The number of hydrogen-bond donors (Lipinski definition) is 2. The average molecular weight is 475 g/mol. The van der Waals surface area contributed by atoms with Crippen LogP contribution < -0.4 is 5.73 Å². The summed E-state index contributed by atoms with van der Waals surface area (Å²) in [4.78, 5) is 26.0. The predicted molar refractivity (Wildman–Crippen MR) is 134 cm³/mol. The molecule has 3 rings (SSSR count). The maximum atomic E-state index is 11.9. The fourth-order valence-electron chi connectivity index (χ4n) is 3.61. The monoisotopic (exact) mass is 474 g/mol. The number of fused-ring (bicyclic) bond motifs is 1. The molecule has 0 radical (unpaired) electrons. The maximum Gasteiger partial charge on any atom is 0.218 e. The summed E-state index contributed by atoms with van der Waals surface area (Å²) in [6.45, 7) is 6.33. The van der Waals surface area contributed by atoms with Crippen LogP contribution >= 0.6 is 35.3 Å². The Bertz CT molecular complexity index is 961. The lowest BCUT2D eigenvalue weighted by molar-refractivity contribution is -0.118. The number of pyridine rings is 1. The van der Waals surface area contributed by atoms with Gasteiger partial charge in [0.1, 0.15) is 5.03 Å². The van der Waals surface area contributed by atoms with Crippen molar-refractivity contribution >= 4 is 52.2 Å². The van der Waals surface area contributed by atoms with Crippen molar-refractivity contribution in [1.82, 2.24) is 15.0 Å². The molecule has 3 aromatic rings. The minimum atomic E-state index is -0.254. The third kappa shape index (κ3) is 6.67. The number of hydrogen-bond acceptors (Lipinski definition) is 6. The number of nitrogens with zero attached hydrogens (tertiary/aromatic N) is 2. The SMILES string of the molecule is CCSc1cc(C)nc(SCC)c1C(CCCSc1nc2ccccc2[nH]1)CC(N)=O. The average Bonchev–Trinajstić information content (AvgIpc) is 3.13. The van der Waals surface area contributed by atoms with Crippen molar-refractivity contribution in [2.45, 2.75) is 61.0 Å². The molecule has 1 aromatic carbocycles. The van der Waals surface area contributed by atoms with Crippen LogP contribution in [-0.2, 0) is 4.79 Å². The molecule has 1 unspecified atom stereocenters. The number of aromatic nitrogens is 3. The van der Waals surface area contributed by atoms with Crippen molar-refractivity contribution in [3.8, 4) is 0 Å². The summed E-state index contributed by atoms with van der Waals surface area (Å²) in [6.07, 6.45) is 2.23. The van der Waals surface area contributed by atoms with Crippen LogP contribution in [0.25, 0.3) is 11.0 Å². The molecule has 1 amide bonds. The molecule has 0 aliphatic carbocycles. The van der Waals surface area contributed by atoms with Crippen LogP contribution in [0.4, 0.5) is 0 Å². The smallest absolute Gasteiger partial charge is 0.218 e. The molecule has 2 heterocycles. The predicted octanol–water partition coefficient (Wildman–Crippen LogP) is 6.02. The number of H-pyrrole nitrogens is 1. The highest BCUT2D eigenvalue weighted by Gasteiger charge is 2.23. The lowest BCUT2D eigenvalue weighted by Gasteiger charge is -2.22. The number of benzene rings is 1. The van der Waals surface area contributed by atoms with Gasteiger partial charge in [0.25, 0.3) is 0 Å². The largest absolute Gasteiger partial charge is 0.370 e. The number of carbonyl (C=O) groups excluding carboxylic acids is 1. The number of aryl methyl sites for hydroxylation is 1. The summed E-state index contributed by atoms with van der Waals surface area (Å²) in [7, 11) is 0. The first-order valence-electron chi connectivity index (χ1n) is 10.6. The molecule has 0 spiro atoms. The van der Waals surface area contributed by atoms with Crippen LogP contribution in [-0.4, -0.2) is 38.1 Å². The molecule has 5 nitrogen and oxygen atoms in total. The van der Waals surface area contributed by atoms with E-state index in [4.69, 9.17) is 10.7 Å². The molecule has 0 aliphatic rings. The number of nitrogens with one attached hydrogen (secondary N) is 1. The first kappa shape index (κ1) is 24.0. The Hall–Kier alpha value is -1.64. The van der Waals surface area contributed by atoms with Crippen LogP contribution in [0.2, 0.25) is 0 Å². The zero-order chi connectivity index (χ0) is 22.2. The van der Waals surface area contributed by atoms with Gasteiger partial charge in [-0.05, 0) is 55.4 Å². The molecule has 31 heavy (non-hydrogen) atoms. The van der Waals surface area contributed by atoms with E-state index in [1.807, 2.05) is 43.0 Å². The Morgan fingerprint density at radius 3 is 2.61 bits per heavy atom. The molecule has 0 bridgehead atoms. The van der Waals surface area contributed by atoms with Gasteiger partial charge in [0.15, 0.2) is 5.16 Å². The summed E-state index contributed by atoms with van der Waals surface area (Å²) < 4.78 is 0. The van der Waals surface area contributed by atoms with Gasteiger partial charge >= 0.3 is 0 Å². The minimum Gasteiger partial charge on any atom is -0.370 e. The Morgan fingerprint density at radius 1 is 1.13 bits per heavy atom. The Kier molecular flexibility index (Phi) is 9.16. The minimum absolute atomic E-state index is 0.0879. The lowest BCUT2D eigenvalue weighted by atomic mass is 9.92. The molecule has 166 valence electrons. The molecule has 2 aromatic heterocycles. The molecule has 0 aliphatic heterocycles. The fourth-order valence-corrected chi connectivity index (χ4v) is 6.42. The summed E-state index contributed by atoms with van der Waals surface area (Å²) >= 11 is 5.30. The number of rotatable bonds is 12. The van der Waals surface area contributed by atoms with Gasteiger partial charge in [0, 0.05) is 28.3 Å². The number of amides is 1. The van der Waals surface area contributed by atoms with E-state index in [9.17, 15) is 4.79 Å². The summed E-state index contributed by atoms with van der Waals surface area (Å²) in [5.74, 6) is 2.70. The van der Waals surface area contributed by atoms with Gasteiger partial charge in [-0.3, -0.25) is 4.79 Å². The van der Waals surface area contributed by atoms with Gasteiger partial charge in [-0.1, -0.05) is 37.7 Å². The number of primary amides is 1. The molecular weight excluding hydrogens is 444 g/mol. The summed E-state index contributed by atoms with van der Waals surface area (Å²) in [5.41, 5.74) is 9.93. The number of carbonyl (C=O) groups is 1. The van der Waals surface area contributed by atoms with Gasteiger partial charge in [-0.15, -0.1) is 23.5 Å². The molecule has 0 saturated heterocycles. The second-order valence-electron chi connectivity index (χ2n) is 7.26. The summed E-state index contributed by atoms with van der Waals surface area (Å²) in [5, 5.41) is 1.99. The van der Waals surface area contributed by atoms with E-state index in [1.54, 1.807) is 23.5 Å². The topological polar surface area (TPSA) is 84.7 Å². The second kappa shape index (κ2) is 11.8. The maximum absolute atomic E-state index is 11.9. The standard InChI is InChI=1S/C23H30N4OS3/c1-4-29-19-13-15(3)25-22(30-5-2)21(19)16(14-20(24)28)9-8-12-31-23-26-17-10-6-7-11-18(17)27-23/h6-7,10-11,13,16H,4-5,8-9,12,14H2,1-3H3,(H2,24,28)(H,26,27). The van der Waals surface area contributed by atoms with Crippen LogP contribution in [0.1, 0.15) is 50.3 Å². The quantitative estimate of drug-likeness (QED) is 0.247. The van der Waals surface area contributed by atoms with Crippen LogP contribution in [0.3, 0.4) is 0 Å². The van der Waals surface area contributed by atoms with Crippen LogP contribution in [0.5, 0.6) is 0 Å². The van der Waals surface area contributed by atoms with E-state index in [-0.39, 0.29) is 11.8 Å². The van der Waals surface area contributed by atoms with E-state index in [2.05, 4.69) is 29.9 Å². The van der Waals surface area contributed by atoms with Crippen molar-refractivity contribution < 1.29 is 4.79 Å². The molecular formula is C23H30N4OS3. The van der Waals surface area contributed by atoms with E-state index < -0.39 is 0 Å². The lowest BCUT2D eigenvalue weighted by Crippen LogP contribution is -2.17. The van der Waals surface area contributed by atoms with Crippen molar-refractivity contribution in [3.05, 3.63) is 41.6 Å². The molecule has 1 atom stereocenters. The number of thioether (sulfide) groups is 3. The molecule has 0 fully saturated rings. The van der Waals surface area contributed by atoms with E-state index in [0.717, 1.165) is 57.0 Å². The fraction of sp³-hybridized carbons (Fsp3) is 0.435. The van der Waals surface area contributed by atoms with Gasteiger partial charge in [-0.2, -0.15) is 0 Å². The first-order chi connectivity index (χ1) is 15.0. The summed E-state index contributed by atoms with van der Waals surface area (Å²) in [6, 6.07) is 10.2.